The maximum Gasteiger partial charge on any atom is 0.263 e. The minimum atomic E-state index is -0.750. The Balaban J connectivity index is 1.34. The van der Waals surface area contributed by atoms with Crippen molar-refractivity contribution in [2.75, 3.05) is 49.6 Å². The molecule has 2 N–H and O–H groups in total. The third-order valence-corrected chi connectivity index (χ3v) is 6.78. The van der Waals surface area contributed by atoms with Crippen LogP contribution in [0.3, 0.4) is 0 Å². The Bertz CT molecular complexity index is 1500. The number of benzene rings is 2. The quantitative estimate of drug-likeness (QED) is 0.378. The number of hydrogen-bond acceptors (Lipinski definition) is 7. The molecule has 2 aliphatic rings. The number of anilines is 3. The van der Waals surface area contributed by atoms with Crippen molar-refractivity contribution in [3.63, 3.8) is 0 Å². The van der Waals surface area contributed by atoms with E-state index in [9.17, 15) is 9.18 Å². The smallest absolute Gasteiger partial charge is 0.263 e. The van der Waals surface area contributed by atoms with Crippen LogP contribution in [0.25, 0.3) is 10.9 Å². The number of rotatable bonds is 6. The molecule has 2 aromatic heterocycles. The second-order valence-corrected chi connectivity index (χ2v) is 9.33. The number of aromatic amines is 1. The molecule has 11 heteroatoms. The van der Waals surface area contributed by atoms with Gasteiger partial charge in [-0.05, 0) is 43.7 Å². The number of nitrogens with one attached hydrogen (secondary N) is 2. The molecule has 9 nitrogen and oxygen atoms in total. The molecule has 2 aromatic carbocycles. The van der Waals surface area contributed by atoms with Crippen molar-refractivity contribution in [2.45, 2.75) is 13.3 Å². The van der Waals surface area contributed by atoms with Crippen molar-refractivity contribution in [3.8, 4) is 11.6 Å². The van der Waals surface area contributed by atoms with Crippen LogP contribution in [-0.2, 0) is 4.74 Å². The summed E-state index contributed by atoms with van der Waals surface area (Å²) in [5, 5.41) is 3.23. The summed E-state index contributed by atoms with van der Waals surface area (Å²) in [4.78, 5) is 28.5. The van der Waals surface area contributed by atoms with Gasteiger partial charge in [0, 0.05) is 54.7 Å². The zero-order valence-corrected chi connectivity index (χ0v) is 20.8. The number of carbonyl (C=O) groups is 1. The number of ether oxygens (including phenoxy) is 2. The van der Waals surface area contributed by atoms with E-state index in [2.05, 4.69) is 25.2 Å². The topological polar surface area (TPSA) is 95.6 Å². The minimum absolute atomic E-state index is 0.0506. The maximum absolute atomic E-state index is 15.3. The number of morpholine rings is 1. The zero-order valence-electron chi connectivity index (χ0n) is 20.8. The van der Waals surface area contributed by atoms with Gasteiger partial charge < -0.3 is 29.6 Å². The Morgan fingerprint density at radius 3 is 2.55 bits per heavy atom. The molecule has 0 unspecified atom stereocenters. The van der Waals surface area contributed by atoms with Crippen molar-refractivity contribution < 1.29 is 23.0 Å². The molecule has 4 aromatic rings. The van der Waals surface area contributed by atoms with Crippen LogP contribution < -0.4 is 15.0 Å². The normalized spacial score (nSPS) is 15.4. The monoisotopic (exact) mass is 520 g/mol. The van der Waals surface area contributed by atoms with Gasteiger partial charge in [-0.25, -0.2) is 18.7 Å². The first-order chi connectivity index (χ1) is 18.5. The molecule has 1 amide bonds. The van der Waals surface area contributed by atoms with E-state index in [4.69, 9.17) is 9.47 Å². The van der Waals surface area contributed by atoms with E-state index in [-0.39, 0.29) is 39.8 Å². The molecule has 2 aliphatic heterocycles. The number of nitrogens with zero attached hydrogens (tertiary/aromatic N) is 4. The second kappa shape index (κ2) is 9.90. The number of amides is 1. The van der Waals surface area contributed by atoms with Gasteiger partial charge in [-0.3, -0.25) is 4.79 Å². The number of hydrogen-bond donors (Lipinski definition) is 2. The molecule has 4 heterocycles. The van der Waals surface area contributed by atoms with E-state index in [1.807, 2.05) is 24.3 Å². The van der Waals surface area contributed by atoms with E-state index in [0.717, 1.165) is 31.3 Å². The largest absolute Gasteiger partial charge is 0.435 e. The summed E-state index contributed by atoms with van der Waals surface area (Å²) in [6, 6.07) is 10.2. The highest BCUT2D eigenvalue weighted by Gasteiger charge is 2.30. The van der Waals surface area contributed by atoms with Gasteiger partial charge in [-0.2, -0.15) is 0 Å². The molecule has 0 saturated carbocycles. The van der Waals surface area contributed by atoms with Crippen molar-refractivity contribution in [1.29, 1.82) is 0 Å². The van der Waals surface area contributed by atoms with Gasteiger partial charge in [0.25, 0.3) is 5.91 Å². The molecule has 2 fully saturated rings. The summed E-state index contributed by atoms with van der Waals surface area (Å²) in [6.07, 6.45) is 2.10. The Morgan fingerprint density at radius 1 is 1.08 bits per heavy atom. The molecule has 0 aliphatic carbocycles. The molecule has 0 atom stereocenters. The summed E-state index contributed by atoms with van der Waals surface area (Å²) in [5.74, 6) is -2.09. The lowest BCUT2D eigenvalue weighted by atomic mass is 10.1. The van der Waals surface area contributed by atoms with Gasteiger partial charge >= 0.3 is 0 Å². The van der Waals surface area contributed by atoms with Gasteiger partial charge in [0.2, 0.25) is 5.88 Å². The van der Waals surface area contributed by atoms with Gasteiger partial charge in [-0.15, -0.1) is 0 Å². The molecule has 196 valence electrons. The van der Waals surface area contributed by atoms with Crippen LogP contribution in [0, 0.1) is 18.6 Å². The first-order valence-electron chi connectivity index (χ1n) is 12.5. The van der Waals surface area contributed by atoms with Crippen LogP contribution >= 0.6 is 0 Å². The van der Waals surface area contributed by atoms with Gasteiger partial charge in [0.05, 0.1) is 18.7 Å². The third-order valence-electron chi connectivity index (χ3n) is 6.78. The summed E-state index contributed by atoms with van der Waals surface area (Å²) < 4.78 is 41.2. The Morgan fingerprint density at radius 2 is 1.84 bits per heavy atom. The van der Waals surface area contributed by atoms with Gasteiger partial charge in [0.15, 0.2) is 23.2 Å². The van der Waals surface area contributed by atoms with E-state index < -0.39 is 11.6 Å². The highest BCUT2D eigenvalue weighted by atomic mass is 19.1. The summed E-state index contributed by atoms with van der Waals surface area (Å²) in [5.41, 5.74) is 2.47. The predicted octanol–water partition coefficient (Wildman–Crippen LogP) is 4.76. The summed E-state index contributed by atoms with van der Waals surface area (Å²) in [7, 11) is 0. The van der Waals surface area contributed by atoms with Crippen LogP contribution in [0.15, 0.2) is 42.7 Å². The number of H-pyrrole nitrogens is 1. The van der Waals surface area contributed by atoms with Crippen LogP contribution in [0.4, 0.5) is 26.0 Å². The highest BCUT2D eigenvalue weighted by molar-refractivity contribution is 6.02. The maximum atomic E-state index is 15.3. The molecule has 2 saturated heterocycles. The average molecular weight is 521 g/mol. The average Bonchev–Trinajstić information content (AvgIpc) is 3.30. The van der Waals surface area contributed by atoms with Crippen LogP contribution in [0.2, 0.25) is 0 Å². The molecule has 38 heavy (non-hydrogen) atoms. The standard InChI is InChI=1S/C27H26F2N6O3/c1-16-13-19-23(29)21(14-20(28)24(19)32-16)38-26-22(27(36)35-7-2-8-35)25(30-15-31-26)33-17-3-5-18(6-4-17)34-9-11-37-12-10-34/h3-6,13-15,32H,2,7-12H2,1H3,(H,30,31,33). The molecule has 0 radical (unpaired) electrons. The number of halogens is 2. The fraction of sp³-hybridized carbons (Fsp3) is 0.296. The van der Waals surface area contributed by atoms with Crippen molar-refractivity contribution in [3.05, 3.63) is 65.6 Å². The lowest BCUT2D eigenvalue weighted by Crippen LogP contribution is -2.42. The second-order valence-electron chi connectivity index (χ2n) is 9.33. The number of carbonyl (C=O) groups excluding carboxylic acids is 1. The first kappa shape index (κ1) is 24.1. The molecular formula is C27H26F2N6O3. The number of likely N-dealkylation sites (tertiary alicyclic amines) is 1. The SMILES string of the molecule is Cc1cc2c(F)c(Oc3ncnc(Nc4ccc(N5CCOCC5)cc4)c3C(=O)N3CCC3)cc(F)c2[nH]1. The Labute approximate surface area is 217 Å². The summed E-state index contributed by atoms with van der Waals surface area (Å²) in [6.45, 7) is 5.88. The van der Waals surface area contributed by atoms with Crippen molar-refractivity contribution in [2.24, 2.45) is 0 Å². The fourth-order valence-corrected chi connectivity index (χ4v) is 4.64. The van der Waals surface area contributed by atoms with Crippen molar-refractivity contribution >= 4 is 34.0 Å². The summed E-state index contributed by atoms with van der Waals surface area (Å²) >= 11 is 0. The number of fused-ring (bicyclic) bond motifs is 1. The lowest BCUT2D eigenvalue weighted by Gasteiger charge is -2.31. The molecule has 0 spiro atoms. The Hall–Kier alpha value is -4.25. The van der Waals surface area contributed by atoms with E-state index in [0.29, 0.717) is 37.7 Å². The van der Waals surface area contributed by atoms with Gasteiger partial charge in [0.1, 0.15) is 11.9 Å². The van der Waals surface area contributed by atoms with E-state index in [1.54, 1.807) is 11.8 Å². The molecule has 0 bridgehead atoms. The van der Waals surface area contributed by atoms with Gasteiger partial charge in [-0.1, -0.05) is 0 Å². The molecule has 6 rings (SSSR count). The van der Waals surface area contributed by atoms with E-state index in [1.165, 1.54) is 12.4 Å². The number of aryl methyl sites for hydroxylation is 1. The highest BCUT2D eigenvalue weighted by Crippen LogP contribution is 2.36. The first-order valence-corrected chi connectivity index (χ1v) is 12.5. The fourth-order valence-electron chi connectivity index (χ4n) is 4.64. The predicted molar refractivity (Wildman–Crippen MR) is 138 cm³/mol. The lowest BCUT2D eigenvalue weighted by molar-refractivity contribution is 0.0649. The Kier molecular flexibility index (Phi) is 6.28. The van der Waals surface area contributed by atoms with E-state index >= 15 is 4.39 Å². The third kappa shape index (κ3) is 4.49. The van der Waals surface area contributed by atoms with Crippen LogP contribution in [-0.4, -0.2) is 65.2 Å². The van der Waals surface area contributed by atoms with Crippen LogP contribution in [0.1, 0.15) is 22.5 Å². The molecular weight excluding hydrogens is 494 g/mol. The zero-order chi connectivity index (χ0) is 26.2. The number of aromatic nitrogens is 3. The van der Waals surface area contributed by atoms with Crippen LogP contribution in [0.5, 0.6) is 11.6 Å². The minimum Gasteiger partial charge on any atom is -0.435 e. The van der Waals surface area contributed by atoms with Crippen molar-refractivity contribution in [1.82, 2.24) is 19.9 Å².